The smallest absolute Gasteiger partial charge is 0.412 e. The van der Waals surface area contributed by atoms with Crippen LogP contribution in [0.2, 0.25) is 0 Å². The van der Waals surface area contributed by atoms with E-state index in [0.717, 1.165) is 12.8 Å². The SMILES string of the molecule is Cc1cccc2c(CCCNC(=O)c3ccc(NC(=O)c4ccc(NC(=O)c5ccc(NC(=O)OC(C)(C)C)cc5)cc4)cc3)cccc12. The first kappa shape index (κ1) is 34.4. The molecule has 49 heavy (non-hydrogen) atoms. The molecule has 0 atom stereocenters. The average molecular weight is 657 g/mol. The maximum atomic E-state index is 12.8. The molecule has 9 heteroatoms. The number of nitrogens with one attached hydrogen (secondary N) is 4. The minimum atomic E-state index is -0.620. The van der Waals surface area contributed by atoms with Gasteiger partial charge in [0.2, 0.25) is 0 Å². The van der Waals surface area contributed by atoms with Crippen molar-refractivity contribution in [1.82, 2.24) is 5.32 Å². The summed E-state index contributed by atoms with van der Waals surface area (Å²) in [5.74, 6) is -0.838. The minimum absolute atomic E-state index is 0.169. The van der Waals surface area contributed by atoms with Gasteiger partial charge in [-0.05, 0) is 135 Å². The van der Waals surface area contributed by atoms with E-state index in [1.54, 1.807) is 93.6 Å². The van der Waals surface area contributed by atoms with Crippen LogP contribution in [0.15, 0.2) is 109 Å². The van der Waals surface area contributed by atoms with Crippen molar-refractivity contribution in [2.24, 2.45) is 0 Å². The zero-order valence-electron chi connectivity index (χ0n) is 28.1. The van der Waals surface area contributed by atoms with Gasteiger partial charge < -0.3 is 20.7 Å². The van der Waals surface area contributed by atoms with E-state index >= 15 is 0 Å². The molecule has 5 aromatic carbocycles. The van der Waals surface area contributed by atoms with Crippen LogP contribution in [0, 0.1) is 6.92 Å². The lowest BCUT2D eigenvalue weighted by Gasteiger charge is -2.19. The summed E-state index contributed by atoms with van der Waals surface area (Å²) < 4.78 is 5.24. The van der Waals surface area contributed by atoms with Crippen molar-refractivity contribution in [2.45, 2.75) is 46.1 Å². The summed E-state index contributed by atoms with van der Waals surface area (Å²) in [6.45, 7) is 7.99. The lowest BCUT2D eigenvalue weighted by Crippen LogP contribution is -2.27. The minimum Gasteiger partial charge on any atom is -0.444 e. The summed E-state index contributed by atoms with van der Waals surface area (Å²) in [6, 6.07) is 32.3. The van der Waals surface area contributed by atoms with Gasteiger partial charge in [-0.25, -0.2) is 4.79 Å². The lowest BCUT2D eigenvalue weighted by molar-refractivity contribution is 0.0635. The first-order chi connectivity index (χ1) is 23.4. The molecule has 0 radical (unpaired) electrons. The van der Waals surface area contributed by atoms with Crippen molar-refractivity contribution in [2.75, 3.05) is 22.5 Å². The van der Waals surface area contributed by atoms with Gasteiger partial charge in [-0.3, -0.25) is 19.7 Å². The number of benzene rings is 5. The molecule has 5 aromatic rings. The zero-order chi connectivity index (χ0) is 35.0. The first-order valence-corrected chi connectivity index (χ1v) is 16.1. The highest BCUT2D eigenvalue weighted by molar-refractivity contribution is 6.06. The number of anilines is 3. The van der Waals surface area contributed by atoms with Crippen molar-refractivity contribution in [3.8, 4) is 0 Å². The molecule has 0 saturated heterocycles. The quantitative estimate of drug-likeness (QED) is 0.112. The number of ether oxygens (including phenoxy) is 1. The number of hydrogen-bond donors (Lipinski definition) is 4. The summed E-state index contributed by atoms with van der Waals surface area (Å²) in [4.78, 5) is 50.2. The molecule has 0 spiro atoms. The molecule has 0 bridgehead atoms. The van der Waals surface area contributed by atoms with Crippen LogP contribution in [0.25, 0.3) is 10.8 Å². The molecule has 0 aliphatic carbocycles. The predicted octanol–water partition coefficient (Wildman–Crippen LogP) is 8.36. The van der Waals surface area contributed by atoms with Crippen molar-refractivity contribution in [1.29, 1.82) is 0 Å². The van der Waals surface area contributed by atoms with Crippen LogP contribution in [0.1, 0.15) is 69.4 Å². The molecule has 0 aliphatic heterocycles. The van der Waals surface area contributed by atoms with E-state index in [1.165, 1.54) is 21.9 Å². The second-order valence-corrected chi connectivity index (χ2v) is 12.7. The van der Waals surface area contributed by atoms with Gasteiger partial charge in [0, 0.05) is 40.3 Å². The fourth-order valence-electron chi connectivity index (χ4n) is 5.28. The molecule has 0 unspecified atom stereocenters. The van der Waals surface area contributed by atoms with Crippen LogP contribution >= 0.6 is 0 Å². The van der Waals surface area contributed by atoms with E-state index in [0.29, 0.717) is 40.3 Å². The average Bonchev–Trinajstić information content (AvgIpc) is 3.07. The Hall–Kier alpha value is -5.96. The van der Waals surface area contributed by atoms with Gasteiger partial charge in [0.15, 0.2) is 0 Å². The third-order valence-electron chi connectivity index (χ3n) is 7.74. The topological polar surface area (TPSA) is 126 Å². The maximum absolute atomic E-state index is 12.8. The molecule has 9 nitrogen and oxygen atoms in total. The Morgan fingerprint density at radius 2 is 1.04 bits per heavy atom. The molecule has 250 valence electrons. The Balaban J connectivity index is 1.06. The largest absolute Gasteiger partial charge is 0.444 e. The van der Waals surface area contributed by atoms with E-state index in [4.69, 9.17) is 4.74 Å². The Morgan fingerprint density at radius 3 is 1.57 bits per heavy atom. The number of carbonyl (C=O) groups is 4. The molecule has 4 amide bonds. The van der Waals surface area contributed by atoms with Crippen molar-refractivity contribution < 1.29 is 23.9 Å². The second-order valence-electron chi connectivity index (χ2n) is 12.7. The zero-order valence-corrected chi connectivity index (χ0v) is 28.1. The van der Waals surface area contributed by atoms with E-state index in [-0.39, 0.29) is 17.7 Å². The molecule has 4 N–H and O–H groups in total. The lowest BCUT2D eigenvalue weighted by atomic mass is 9.98. The summed E-state index contributed by atoms with van der Waals surface area (Å²) in [5, 5.41) is 13.8. The number of hydrogen-bond acceptors (Lipinski definition) is 5. The molecule has 5 rings (SSSR count). The van der Waals surface area contributed by atoms with Gasteiger partial charge in [0.1, 0.15) is 5.60 Å². The van der Waals surface area contributed by atoms with Crippen LogP contribution in [0.4, 0.5) is 21.9 Å². The van der Waals surface area contributed by atoms with Crippen molar-refractivity contribution in [3.05, 3.63) is 137 Å². The van der Waals surface area contributed by atoms with Gasteiger partial charge in [0.25, 0.3) is 17.7 Å². The second kappa shape index (κ2) is 15.3. The number of aryl methyl sites for hydroxylation is 2. The van der Waals surface area contributed by atoms with Crippen LogP contribution in [0.3, 0.4) is 0 Å². The van der Waals surface area contributed by atoms with Gasteiger partial charge in [-0.2, -0.15) is 0 Å². The van der Waals surface area contributed by atoms with Gasteiger partial charge in [-0.15, -0.1) is 0 Å². The Bertz CT molecular complexity index is 1960. The van der Waals surface area contributed by atoms with E-state index < -0.39 is 11.7 Å². The van der Waals surface area contributed by atoms with Crippen LogP contribution < -0.4 is 21.3 Å². The molecular formula is C40H40N4O5. The van der Waals surface area contributed by atoms with Gasteiger partial charge in [-0.1, -0.05) is 36.4 Å². The van der Waals surface area contributed by atoms with Gasteiger partial charge in [0.05, 0.1) is 0 Å². The first-order valence-electron chi connectivity index (χ1n) is 16.1. The fraction of sp³-hybridized carbons (Fsp3) is 0.200. The van der Waals surface area contributed by atoms with E-state index in [9.17, 15) is 19.2 Å². The Kier molecular flexibility index (Phi) is 10.7. The molecule has 0 aliphatic rings. The molecule has 0 saturated carbocycles. The van der Waals surface area contributed by atoms with E-state index in [1.807, 2.05) is 0 Å². The fourth-order valence-corrected chi connectivity index (χ4v) is 5.28. The number of carbonyl (C=O) groups excluding carboxylic acids is 4. The number of amides is 4. The van der Waals surface area contributed by atoms with Crippen molar-refractivity contribution >= 4 is 51.6 Å². The highest BCUT2D eigenvalue weighted by Gasteiger charge is 2.16. The number of fused-ring (bicyclic) bond motifs is 1. The van der Waals surface area contributed by atoms with Crippen LogP contribution in [0.5, 0.6) is 0 Å². The van der Waals surface area contributed by atoms with Crippen LogP contribution in [-0.2, 0) is 11.2 Å². The molecule has 0 fully saturated rings. The Labute approximate surface area is 286 Å². The number of rotatable bonds is 10. The van der Waals surface area contributed by atoms with Crippen LogP contribution in [-0.4, -0.2) is 36.0 Å². The van der Waals surface area contributed by atoms with Gasteiger partial charge >= 0.3 is 6.09 Å². The summed E-state index contributed by atoms with van der Waals surface area (Å²) in [7, 11) is 0. The summed E-state index contributed by atoms with van der Waals surface area (Å²) in [6.07, 6.45) is 1.10. The summed E-state index contributed by atoms with van der Waals surface area (Å²) in [5.41, 5.74) is 4.77. The predicted molar refractivity (Wildman–Crippen MR) is 194 cm³/mol. The molecule has 0 aromatic heterocycles. The van der Waals surface area contributed by atoms with Crippen molar-refractivity contribution in [3.63, 3.8) is 0 Å². The van der Waals surface area contributed by atoms with E-state index in [2.05, 4.69) is 64.6 Å². The Morgan fingerprint density at radius 1 is 0.571 bits per heavy atom. The monoisotopic (exact) mass is 656 g/mol. The third-order valence-corrected chi connectivity index (χ3v) is 7.74. The molecular weight excluding hydrogens is 616 g/mol. The summed E-state index contributed by atoms with van der Waals surface area (Å²) >= 11 is 0. The normalized spacial score (nSPS) is 11.0. The third kappa shape index (κ3) is 9.54. The highest BCUT2D eigenvalue weighted by atomic mass is 16.6. The maximum Gasteiger partial charge on any atom is 0.412 e. The standard InChI is InChI=1S/C40H40N4O5/c1-26-8-5-12-35-27(9-6-11-34(26)35)10-7-25-41-36(45)28-13-19-31(20-14-28)42-37(46)29-15-21-32(22-16-29)43-38(47)30-17-23-33(24-18-30)44-39(48)49-40(2,3)4/h5-6,8-9,11-24H,7,10,25H2,1-4H3,(H,41,45)(H,42,46)(H,43,47)(H,44,48). The molecule has 0 heterocycles. The highest BCUT2D eigenvalue weighted by Crippen LogP contribution is 2.23.